The van der Waals surface area contributed by atoms with E-state index in [9.17, 15) is 13.2 Å². The maximum absolute atomic E-state index is 12.2. The summed E-state index contributed by atoms with van der Waals surface area (Å²) in [5.41, 5.74) is 0.218. The Labute approximate surface area is 114 Å². The summed E-state index contributed by atoms with van der Waals surface area (Å²) in [7, 11) is -2.17. The molecule has 1 aromatic rings. The molecular formula is C11H12BrNO4S. The van der Waals surface area contributed by atoms with Gasteiger partial charge in [0.2, 0.25) is 0 Å². The molecule has 0 N–H and O–H groups in total. The molecule has 1 aromatic carbocycles. The molecule has 7 heteroatoms. The van der Waals surface area contributed by atoms with Gasteiger partial charge in [0, 0.05) is 24.7 Å². The van der Waals surface area contributed by atoms with Crippen molar-refractivity contribution in [3.8, 4) is 0 Å². The number of amides is 1. The van der Waals surface area contributed by atoms with Crippen LogP contribution in [0.3, 0.4) is 0 Å². The number of rotatable bonds is 4. The van der Waals surface area contributed by atoms with Crippen LogP contribution in [-0.2, 0) is 14.8 Å². The molecule has 0 radical (unpaired) electrons. The van der Waals surface area contributed by atoms with Crippen molar-refractivity contribution >= 4 is 31.9 Å². The fourth-order valence-electron chi connectivity index (χ4n) is 1.85. The fraction of sp³-hybridized carbons (Fsp3) is 0.364. The molecule has 0 saturated carbocycles. The lowest BCUT2D eigenvalue weighted by atomic mass is 10.2. The quantitative estimate of drug-likeness (QED) is 0.785. The maximum atomic E-state index is 12.2. The number of halogens is 1. The van der Waals surface area contributed by atoms with Gasteiger partial charge in [-0.25, -0.2) is 12.7 Å². The van der Waals surface area contributed by atoms with E-state index in [0.29, 0.717) is 17.5 Å². The second kappa shape index (κ2) is 4.99. The molecule has 5 nitrogen and oxygen atoms in total. The molecule has 18 heavy (non-hydrogen) atoms. The third kappa shape index (κ3) is 2.06. The molecule has 2 rings (SSSR count). The van der Waals surface area contributed by atoms with Crippen molar-refractivity contribution in [3.05, 3.63) is 28.2 Å². The largest absolute Gasteiger partial charge is 0.385 e. The van der Waals surface area contributed by atoms with Crippen LogP contribution in [0, 0.1) is 0 Å². The monoisotopic (exact) mass is 333 g/mol. The first-order valence-electron chi connectivity index (χ1n) is 5.34. The van der Waals surface area contributed by atoms with Gasteiger partial charge in [-0.1, -0.05) is 6.07 Å². The highest BCUT2D eigenvalue weighted by molar-refractivity contribution is 9.10. The second-order valence-electron chi connectivity index (χ2n) is 3.84. The van der Waals surface area contributed by atoms with Gasteiger partial charge in [0.15, 0.2) is 0 Å². The van der Waals surface area contributed by atoms with Crippen LogP contribution in [0.5, 0.6) is 0 Å². The van der Waals surface area contributed by atoms with Gasteiger partial charge in [-0.15, -0.1) is 0 Å². The summed E-state index contributed by atoms with van der Waals surface area (Å²) in [6.45, 7) is 0.549. The summed E-state index contributed by atoms with van der Waals surface area (Å²) in [6, 6.07) is 4.71. The number of carbonyl (C=O) groups is 1. The van der Waals surface area contributed by atoms with Gasteiger partial charge in [0.05, 0.1) is 5.56 Å². The number of benzene rings is 1. The molecule has 0 bridgehead atoms. The minimum absolute atomic E-state index is 0.0688. The lowest BCUT2D eigenvalue weighted by molar-refractivity contribution is 0.0860. The van der Waals surface area contributed by atoms with Gasteiger partial charge in [0.1, 0.15) is 4.90 Å². The zero-order valence-electron chi connectivity index (χ0n) is 9.72. The predicted molar refractivity (Wildman–Crippen MR) is 68.9 cm³/mol. The number of methoxy groups -OCH3 is 1. The van der Waals surface area contributed by atoms with Crippen molar-refractivity contribution in [2.45, 2.75) is 11.3 Å². The SMILES string of the molecule is COCCCN1C(=O)c2c(Br)cccc2S1(=O)=O. The first kappa shape index (κ1) is 13.5. The maximum Gasteiger partial charge on any atom is 0.270 e. The zero-order chi connectivity index (χ0) is 13.3. The Balaban J connectivity index is 2.39. The summed E-state index contributed by atoms with van der Waals surface area (Å²) in [5.74, 6) is -0.478. The fourth-order valence-corrected chi connectivity index (χ4v) is 4.14. The number of carbonyl (C=O) groups excluding carboxylic acids is 1. The highest BCUT2D eigenvalue weighted by Crippen LogP contribution is 2.34. The van der Waals surface area contributed by atoms with Gasteiger partial charge in [-0.3, -0.25) is 4.79 Å². The Morgan fingerprint density at radius 3 is 2.72 bits per heavy atom. The predicted octanol–water partition coefficient (Wildman–Crippen LogP) is 1.63. The van der Waals surface area contributed by atoms with Gasteiger partial charge < -0.3 is 4.74 Å². The van der Waals surface area contributed by atoms with Gasteiger partial charge in [-0.05, 0) is 34.5 Å². The third-order valence-corrected chi connectivity index (χ3v) is 5.18. The zero-order valence-corrected chi connectivity index (χ0v) is 12.1. The van der Waals surface area contributed by atoms with Crippen LogP contribution in [0.25, 0.3) is 0 Å². The summed E-state index contributed by atoms with van der Waals surface area (Å²) >= 11 is 3.21. The Kier molecular flexibility index (Phi) is 3.74. The van der Waals surface area contributed by atoms with Gasteiger partial charge in [0.25, 0.3) is 15.9 Å². The highest BCUT2D eigenvalue weighted by Gasteiger charge is 2.41. The smallest absolute Gasteiger partial charge is 0.270 e. The lowest BCUT2D eigenvalue weighted by Crippen LogP contribution is -2.31. The molecule has 1 amide bonds. The van der Waals surface area contributed by atoms with Crippen molar-refractivity contribution < 1.29 is 17.9 Å². The van der Waals surface area contributed by atoms with Crippen molar-refractivity contribution in [1.82, 2.24) is 4.31 Å². The number of ether oxygens (including phenoxy) is 1. The summed E-state index contributed by atoms with van der Waals surface area (Å²) < 4.78 is 30.6. The molecule has 1 heterocycles. The van der Waals surface area contributed by atoms with E-state index < -0.39 is 15.9 Å². The van der Waals surface area contributed by atoms with E-state index in [1.807, 2.05) is 0 Å². The molecule has 0 aromatic heterocycles. The molecule has 0 aliphatic carbocycles. The molecule has 1 aliphatic rings. The van der Waals surface area contributed by atoms with Gasteiger partial charge >= 0.3 is 0 Å². The number of hydrogen-bond acceptors (Lipinski definition) is 4. The molecule has 0 fully saturated rings. The second-order valence-corrected chi connectivity index (χ2v) is 6.53. The van der Waals surface area contributed by atoms with E-state index in [1.54, 1.807) is 12.1 Å². The van der Waals surface area contributed by atoms with Crippen molar-refractivity contribution in [2.24, 2.45) is 0 Å². The van der Waals surface area contributed by atoms with E-state index in [4.69, 9.17) is 4.74 Å². The summed E-state index contributed by atoms with van der Waals surface area (Å²) in [4.78, 5) is 12.2. The number of nitrogens with zero attached hydrogens (tertiary/aromatic N) is 1. The Morgan fingerprint density at radius 2 is 2.11 bits per heavy atom. The van der Waals surface area contributed by atoms with E-state index in [-0.39, 0.29) is 17.0 Å². The average Bonchev–Trinajstić information content (AvgIpc) is 2.51. The molecule has 1 aliphatic heterocycles. The topological polar surface area (TPSA) is 63.7 Å². The standard InChI is InChI=1S/C11H12BrNO4S/c1-17-7-3-6-13-11(14)10-8(12)4-2-5-9(10)18(13,15)16/h2,4-5H,3,6-7H2,1H3. The van der Waals surface area contributed by atoms with Crippen LogP contribution in [0.1, 0.15) is 16.8 Å². The Morgan fingerprint density at radius 1 is 1.39 bits per heavy atom. The number of hydrogen-bond donors (Lipinski definition) is 0. The average molecular weight is 334 g/mol. The third-order valence-electron chi connectivity index (χ3n) is 2.69. The minimum atomic E-state index is -3.70. The molecule has 0 saturated heterocycles. The molecule has 0 spiro atoms. The van der Waals surface area contributed by atoms with Crippen molar-refractivity contribution in [1.29, 1.82) is 0 Å². The normalized spacial score (nSPS) is 17.0. The van der Waals surface area contributed by atoms with E-state index in [2.05, 4.69) is 15.9 Å². The van der Waals surface area contributed by atoms with Crippen LogP contribution in [0.2, 0.25) is 0 Å². The Bertz CT molecular complexity index is 585. The van der Waals surface area contributed by atoms with E-state index in [1.165, 1.54) is 13.2 Å². The summed E-state index contributed by atoms with van der Waals surface area (Å²) in [6.07, 6.45) is 0.479. The van der Waals surface area contributed by atoms with Crippen LogP contribution in [-0.4, -0.2) is 38.9 Å². The van der Waals surface area contributed by atoms with Crippen LogP contribution in [0.4, 0.5) is 0 Å². The van der Waals surface area contributed by atoms with E-state index >= 15 is 0 Å². The lowest BCUT2D eigenvalue weighted by Gasteiger charge is -2.14. The van der Waals surface area contributed by atoms with Crippen molar-refractivity contribution in [2.75, 3.05) is 20.3 Å². The molecule has 98 valence electrons. The minimum Gasteiger partial charge on any atom is -0.385 e. The number of fused-ring (bicyclic) bond motifs is 1. The van der Waals surface area contributed by atoms with Crippen molar-refractivity contribution in [3.63, 3.8) is 0 Å². The van der Waals surface area contributed by atoms with Gasteiger partial charge in [-0.2, -0.15) is 0 Å². The number of sulfonamides is 1. The first-order valence-corrected chi connectivity index (χ1v) is 7.58. The molecule has 0 unspecified atom stereocenters. The van der Waals surface area contributed by atoms with E-state index in [0.717, 1.165) is 4.31 Å². The van der Waals surface area contributed by atoms with Crippen LogP contribution < -0.4 is 0 Å². The van der Waals surface area contributed by atoms with Crippen LogP contribution >= 0.6 is 15.9 Å². The molecular weight excluding hydrogens is 322 g/mol. The Hall–Kier alpha value is -0.920. The molecule has 0 atom stereocenters. The highest BCUT2D eigenvalue weighted by atomic mass is 79.9. The van der Waals surface area contributed by atoms with Crippen LogP contribution in [0.15, 0.2) is 27.6 Å². The summed E-state index contributed by atoms with van der Waals surface area (Å²) in [5, 5.41) is 0. The first-order chi connectivity index (χ1) is 8.50.